The molecule has 542 valence electrons. The van der Waals surface area contributed by atoms with Crippen molar-refractivity contribution >= 4 is 64.6 Å². The number of fused-ring (bicyclic) bond motifs is 14. The molecule has 0 saturated carbocycles. The molecule has 7 aromatic carbocycles. The molecule has 26 nitrogen and oxygen atoms in total. The molecule has 103 heavy (non-hydrogen) atoms. The number of carboxylic acid groups (broad SMARTS) is 1. The standard InChI is InChI=1S/C75H80Cl2N8O18/c1-3-5-7-9-11-13-23-85(24-14-12-10-8-6-4-2)36-47-53(89)35-46-59(67(47)91)45-29-39(17-19-51(45)87)61-71(95)84-65(74(98)83-64(46)75(99)100)66(90)40-18-22-55(49(77)30-40)103-58-33-42-32-57(68(58)92)102-54-21-15-37(25-48(54)76)26-50-69(93)80-62(72(96)82-63(42)73(97)81-61)41-27-43(86)34-44(28-41)101-56-31-38(16-20-52(56)88)60(78)70(94)79-50/h15-22,25,27-35,50,60-66,86-92H,3-14,23-24,26,36,78H2,1-2H3,(H,79,94)(H,80,93)(H,81,97)(H,82,96)(H,83,98)(H,84,95)(H,99,100)/t50-,60+,61-,62-,63-,64-,65-,66?/m0/s1. The van der Waals surface area contributed by atoms with E-state index in [1.807, 2.05) is 0 Å². The van der Waals surface area contributed by atoms with Crippen LogP contribution in [0.5, 0.6) is 69.0 Å². The summed E-state index contributed by atoms with van der Waals surface area (Å²) in [4.78, 5) is 108. The van der Waals surface area contributed by atoms with Crippen LogP contribution in [0.1, 0.15) is 172 Å². The fourth-order valence-corrected chi connectivity index (χ4v) is 13.6. The molecule has 17 bridgehead atoms. The monoisotopic (exact) mass is 1450 g/mol. The summed E-state index contributed by atoms with van der Waals surface area (Å²) in [7, 11) is 0. The van der Waals surface area contributed by atoms with E-state index in [-0.39, 0.29) is 85.0 Å². The van der Waals surface area contributed by atoms with Gasteiger partial charge in [0.05, 0.1) is 15.6 Å². The minimum Gasteiger partial charge on any atom is -0.508 e. The van der Waals surface area contributed by atoms with Crippen LogP contribution in [0.3, 0.4) is 0 Å². The molecule has 0 spiro atoms. The molecule has 0 radical (unpaired) electrons. The number of phenolic OH excluding ortho intramolecular Hbond substituents is 6. The van der Waals surface area contributed by atoms with E-state index in [4.69, 9.17) is 43.1 Å². The van der Waals surface area contributed by atoms with Crippen LogP contribution in [0, 0.1) is 0 Å². The van der Waals surface area contributed by atoms with Gasteiger partial charge in [0, 0.05) is 35.7 Å². The summed E-state index contributed by atoms with van der Waals surface area (Å²) < 4.78 is 18.6. The summed E-state index contributed by atoms with van der Waals surface area (Å²) in [5.74, 6) is -14.5. The minimum atomic E-state index is -2.21. The predicted octanol–water partition coefficient (Wildman–Crippen LogP) is 10.5. The number of rotatable bonds is 17. The van der Waals surface area contributed by atoms with E-state index >= 15 is 24.0 Å². The lowest BCUT2D eigenvalue weighted by Gasteiger charge is -2.31. The third-order valence-corrected chi connectivity index (χ3v) is 19.4. The molecule has 6 aliphatic rings. The van der Waals surface area contributed by atoms with Crippen LogP contribution in [0.25, 0.3) is 11.1 Å². The number of aromatic hydroxyl groups is 6. The number of carbonyl (C=O) groups is 7. The summed E-state index contributed by atoms with van der Waals surface area (Å²) >= 11 is 13.9. The highest BCUT2D eigenvalue weighted by Gasteiger charge is 2.42. The van der Waals surface area contributed by atoms with Gasteiger partial charge >= 0.3 is 5.97 Å². The zero-order valence-electron chi connectivity index (χ0n) is 56.3. The number of unbranched alkanes of at least 4 members (excludes halogenated alkanes) is 10. The Labute approximate surface area is 602 Å². The average Bonchev–Trinajstić information content (AvgIpc) is 0.756. The van der Waals surface area contributed by atoms with Crippen molar-refractivity contribution in [1.82, 2.24) is 36.8 Å². The number of nitrogens with zero attached hydrogens (tertiary/aromatic N) is 1. The number of hydrogen-bond donors (Lipinski definition) is 15. The molecule has 7 aromatic rings. The zero-order chi connectivity index (χ0) is 73.5. The van der Waals surface area contributed by atoms with Gasteiger partial charge in [-0.05, 0) is 138 Å². The number of aliphatic hydroxyl groups is 1. The number of aliphatic hydroxyl groups excluding tert-OH is 1. The fraction of sp³-hybridized carbons (Fsp3) is 0.347. The first-order valence-electron chi connectivity index (χ1n) is 34.2. The molecule has 6 amide bonds. The molecular weight excluding hydrogens is 1370 g/mol. The number of amides is 6. The topological polar surface area (TPSA) is 410 Å². The van der Waals surface area contributed by atoms with Gasteiger partial charge in [-0.15, -0.1) is 0 Å². The molecule has 1 unspecified atom stereocenters. The number of nitrogens with two attached hydrogens (primary N) is 1. The van der Waals surface area contributed by atoms with Crippen LogP contribution < -0.4 is 51.8 Å². The van der Waals surface area contributed by atoms with Crippen molar-refractivity contribution in [2.45, 2.75) is 152 Å². The van der Waals surface area contributed by atoms with Crippen LogP contribution in [0.15, 0.2) is 109 Å². The first kappa shape index (κ1) is 73.7. The quantitative estimate of drug-likeness (QED) is 0.0377. The highest BCUT2D eigenvalue weighted by Crippen LogP contribution is 2.50. The lowest BCUT2D eigenvalue weighted by atomic mass is 9.87. The van der Waals surface area contributed by atoms with E-state index in [1.165, 1.54) is 60.7 Å². The number of carboxylic acids is 1. The number of ether oxygens (including phenoxy) is 3. The average molecular weight is 1450 g/mol. The van der Waals surface area contributed by atoms with Crippen molar-refractivity contribution in [1.29, 1.82) is 0 Å². The largest absolute Gasteiger partial charge is 0.508 e. The second kappa shape index (κ2) is 32.2. The van der Waals surface area contributed by atoms with E-state index in [9.17, 15) is 50.4 Å². The number of nitrogens with one attached hydrogen (secondary N) is 6. The molecule has 16 N–H and O–H groups in total. The molecule has 8 atom stereocenters. The molecule has 0 aromatic heterocycles. The molecule has 6 heterocycles. The van der Waals surface area contributed by atoms with Gasteiger partial charge < -0.3 is 92.7 Å². The molecule has 13 rings (SSSR count). The minimum absolute atomic E-state index is 0.0743. The Kier molecular flexibility index (Phi) is 23.1. The number of carbonyl (C=O) groups excluding carboxylic acids is 6. The first-order chi connectivity index (χ1) is 49.4. The molecule has 0 fully saturated rings. The van der Waals surface area contributed by atoms with Crippen LogP contribution >= 0.6 is 23.2 Å². The summed E-state index contributed by atoms with van der Waals surface area (Å²) in [6.07, 6.45) is 9.24. The van der Waals surface area contributed by atoms with Crippen LogP contribution in [0.4, 0.5) is 0 Å². The van der Waals surface area contributed by atoms with E-state index < -0.39 is 147 Å². The Morgan fingerprint density at radius 2 is 1.06 bits per heavy atom. The zero-order valence-corrected chi connectivity index (χ0v) is 57.8. The van der Waals surface area contributed by atoms with Gasteiger partial charge in [-0.1, -0.05) is 126 Å². The highest BCUT2D eigenvalue weighted by molar-refractivity contribution is 6.32. The normalized spacial score (nSPS) is 20.3. The molecule has 0 aliphatic carbocycles. The highest BCUT2D eigenvalue weighted by atomic mass is 35.5. The van der Waals surface area contributed by atoms with Gasteiger partial charge in [-0.3, -0.25) is 33.7 Å². The summed E-state index contributed by atoms with van der Waals surface area (Å²) in [5, 5.41) is 110. The van der Waals surface area contributed by atoms with Crippen LogP contribution in [-0.2, 0) is 46.5 Å². The van der Waals surface area contributed by atoms with Crippen molar-refractivity contribution in [2.24, 2.45) is 5.73 Å². The number of halogens is 2. The smallest absolute Gasteiger partial charge is 0.330 e. The maximum absolute atomic E-state index is 16.1. The van der Waals surface area contributed by atoms with Gasteiger partial charge in [0.15, 0.2) is 29.0 Å². The van der Waals surface area contributed by atoms with Gasteiger partial charge in [0.25, 0.3) is 0 Å². The SMILES string of the molecule is CCCCCCCCN(CCCCCCCC)Cc1c(O)cc2c(c1O)-c1cc(ccc1O)[C@@H]1NC(=O)[C@H]3NC(=O)[C@H]4NC(=O)[C@H](Cc5ccc(c(Cl)c5)Oc5cc3cc(c5O)Oc3ccc(cc3Cl)C(O)[C@H](NC1=O)C(=O)N[C@@H]2C(=O)O)NC(=O)[C@H](N)c1ccc(O)c(c1)Oc1cc(O)cc4c1. The Morgan fingerprint density at radius 3 is 1.69 bits per heavy atom. The van der Waals surface area contributed by atoms with E-state index in [1.54, 1.807) is 0 Å². The second-order valence-corrected chi connectivity index (χ2v) is 27.0. The van der Waals surface area contributed by atoms with Crippen molar-refractivity contribution in [2.75, 3.05) is 13.1 Å². The molecular formula is C75H80Cl2N8O18. The fourth-order valence-electron chi connectivity index (χ4n) is 13.2. The number of phenols is 6. The lowest BCUT2D eigenvalue weighted by Crippen LogP contribution is -2.55. The van der Waals surface area contributed by atoms with Crippen LogP contribution in [-0.4, -0.2) is 112 Å². The van der Waals surface area contributed by atoms with Crippen LogP contribution in [0.2, 0.25) is 10.0 Å². The van der Waals surface area contributed by atoms with E-state index in [0.717, 1.165) is 126 Å². The van der Waals surface area contributed by atoms with Crippen molar-refractivity contribution < 1.29 is 88.6 Å². The van der Waals surface area contributed by atoms with Crippen molar-refractivity contribution in [3.8, 4) is 80.1 Å². The molecule has 6 aliphatic heterocycles. The predicted molar refractivity (Wildman–Crippen MR) is 377 cm³/mol. The third-order valence-electron chi connectivity index (χ3n) is 18.8. The van der Waals surface area contributed by atoms with E-state index in [0.29, 0.717) is 18.7 Å². The second-order valence-electron chi connectivity index (χ2n) is 26.2. The Morgan fingerprint density at radius 1 is 0.505 bits per heavy atom. The Bertz CT molecular complexity index is 4430. The number of benzene rings is 7. The Hall–Kier alpha value is -10.5. The number of aliphatic carboxylic acids is 1. The van der Waals surface area contributed by atoms with Crippen molar-refractivity contribution in [3.05, 3.63) is 164 Å². The first-order valence-corrected chi connectivity index (χ1v) is 34.9. The van der Waals surface area contributed by atoms with Gasteiger partial charge in [0.2, 0.25) is 41.2 Å². The van der Waals surface area contributed by atoms with Gasteiger partial charge in [-0.25, -0.2) is 4.79 Å². The Balaban J connectivity index is 1.10. The summed E-state index contributed by atoms with van der Waals surface area (Å²) in [6, 6.07) is 7.91. The lowest BCUT2D eigenvalue weighted by molar-refractivity contribution is -0.143. The molecule has 28 heteroatoms. The van der Waals surface area contributed by atoms with Gasteiger partial charge in [-0.2, -0.15) is 0 Å². The summed E-state index contributed by atoms with van der Waals surface area (Å²) in [5.41, 5.74) is 4.60. The van der Waals surface area contributed by atoms with Gasteiger partial charge in [0.1, 0.15) is 82.6 Å². The van der Waals surface area contributed by atoms with Crippen molar-refractivity contribution in [3.63, 3.8) is 0 Å². The third kappa shape index (κ3) is 16.7. The van der Waals surface area contributed by atoms with E-state index in [2.05, 4.69) is 50.6 Å². The molecule has 0 saturated heterocycles. The maximum Gasteiger partial charge on any atom is 0.330 e. The summed E-state index contributed by atoms with van der Waals surface area (Å²) in [6.45, 7) is 5.28. The number of hydrogen-bond acceptors (Lipinski definition) is 19. The maximum atomic E-state index is 16.1.